The third kappa shape index (κ3) is 4.00. The van der Waals surface area contributed by atoms with Crippen molar-refractivity contribution in [2.45, 2.75) is 44.9 Å². The molecule has 1 N–H and O–H groups in total. The minimum Gasteiger partial charge on any atom is -0.493 e. The van der Waals surface area contributed by atoms with Crippen LogP contribution in [0.3, 0.4) is 0 Å². The van der Waals surface area contributed by atoms with E-state index in [4.69, 9.17) is 26.4 Å². The highest BCUT2D eigenvalue weighted by molar-refractivity contribution is 7.71. The molecule has 2 aliphatic rings. The molecule has 0 spiro atoms. The zero-order chi connectivity index (χ0) is 18.6. The summed E-state index contributed by atoms with van der Waals surface area (Å²) in [6, 6.07) is 3.74. The zero-order valence-electron chi connectivity index (χ0n) is 15.4. The van der Waals surface area contributed by atoms with Crippen molar-refractivity contribution in [2.24, 2.45) is 11.0 Å². The quantitative estimate of drug-likeness (QED) is 0.596. The first-order valence-electron chi connectivity index (χ1n) is 9.43. The van der Waals surface area contributed by atoms with E-state index in [9.17, 15) is 0 Å². The van der Waals surface area contributed by atoms with Crippen LogP contribution in [0.4, 0.5) is 0 Å². The van der Waals surface area contributed by atoms with Crippen LogP contribution in [0.15, 0.2) is 17.2 Å². The number of aromatic amines is 1. The van der Waals surface area contributed by atoms with Gasteiger partial charge in [-0.05, 0) is 36.7 Å². The summed E-state index contributed by atoms with van der Waals surface area (Å²) in [6.45, 7) is 0.199. The number of hydrogen-bond donors (Lipinski definition) is 1. The molecule has 27 heavy (non-hydrogen) atoms. The summed E-state index contributed by atoms with van der Waals surface area (Å²) in [4.78, 5) is 0. The van der Waals surface area contributed by atoms with E-state index >= 15 is 0 Å². The monoisotopic (exact) mass is 388 g/mol. The maximum Gasteiger partial charge on any atom is 0.231 e. The van der Waals surface area contributed by atoms with E-state index in [1.165, 1.54) is 32.1 Å². The SMILES string of the molecule is COc1cc(/C=N\n2c(CCC3CCCCC3)n[nH]c2=S)cc2c1OCO2. The second-order valence-electron chi connectivity index (χ2n) is 7.00. The van der Waals surface area contributed by atoms with Crippen molar-refractivity contribution in [3.63, 3.8) is 0 Å². The molecule has 8 heteroatoms. The second kappa shape index (κ2) is 8.12. The number of fused-ring (bicyclic) bond motifs is 1. The Morgan fingerprint density at radius 3 is 3.00 bits per heavy atom. The Bertz CT molecular complexity index is 884. The molecule has 1 aromatic heterocycles. The van der Waals surface area contributed by atoms with Crippen LogP contribution in [0.25, 0.3) is 0 Å². The summed E-state index contributed by atoms with van der Waals surface area (Å²) < 4.78 is 18.5. The highest BCUT2D eigenvalue weighted by Gasteiger charge is 2.20. The first-order chi connectivity index (χ1) is 13.2. The number of H-pyrrole nitrogens is 1. The molecule has 7 nitrogen and oxygen atoms in total. The standard InChI is InChI=1S/C19H24N4O3S/c1-24-15-9-14(10-16-18(15)26-12-25-16)11-20-23-17(21-22-19(23)27)8-7-13-5-3-2-4-6-13/h9-11,13H,2-8,12H2,1H3,(H,22,27)/b20-11-. The van der Waals surface area contributed by atoms with Gasteiger partial charge in [0.05, 0.1) is 13.3 Å². The van der Waals surface area contributed by atoms with Crippen molar-refractivity contribution >= 4 is 18.4 Å². The van der Waals surface area contributed by atoms with Gasteiger partial charge in [0, 0.05) is 12.0 Å². The van der Waals surface area contributed by atoms with E-state index in [1.54, 1.807) is 18.0 Å². The third-order valence-corrected chi connectivity index (χ3v) is 5.49. The number of methoxy groups -OCH3 is 1. The molecule has 0 saturated heterocycles. The predicted octanol–water partition coefficient (Wildman–Crippen LogP) is 4.07. The average molecular weight is 388 g/mol. The number of ether oxygens (including phenoxy) is 3. The molecule has 2 aromatic rings. The lowest BCUT2D eigenvalue weighted by Crippen LogP contribution is -2.09. The molecule has 1 saturated carbocycles. The van der Waals surface area contributed by atoms with Crippen LogP contribution < -0.4 is 14.2 Å². The van der Waals surface area contributed by atoms with Gasteiger partial charge in [-0.1, -0.05) is 32.1 Å². The number of hydrogen-bond acceptors (Lipinski definition) is 6. The Balaban J connectivity index is 1.51. The van der Waals surface area contributed by atoms with Gasteiger partial charge in [-0.3, -0.25) is 5.10 Å². The molecule has 144 valence electrons. The smallest absolute Gasteiger partial charge is 0.231 e. The average Bonchev–Trinajstić information content (AvgIpc) is 3.31. The first-order valence-corrected chi connectivity index (χ1v) is 9.83. The summed E-state index contributed by atoms with van der Waals surface area (Å²) in [6.07, 6.45) is 10.5. The number of nitrogens with zero attached hydrogens (tertiary/aromatic N) is 3. The van der Waals surface area contributed by atoms with Gasteiger partial charge >= 0.3 is 0 Å². The van der Waals surface area contributed by atoms with E-state index in [2.05, 4.69) is 15.3 Å². The topological polar surface area (TPSA) is 73.7 Å². The van der Waals surface area contributed by atoms with Crippen molar-refractivity contribution in [1.29, 1.82) is 0 Å². The van der Waals surface area contributed by atoms with Crippen molar-refractivity contribution < 1.29 is 14.2 Å². The summed E-state index contributed by atoms with van der Waals surface area (Å²) in [5.74, 6) is 3.57. The maximum absolute atomic E-state index is 5.46. The van der Waals surface area contributed by atoms with Crippen LogP contribution in [0.1, 0.15) is 49.9 Å². The van der Waals surface area contributed by atoms with E-state index in [-0.39, 0.29) is 6.79 Å². The van der Waals surface area contributed by atoms with Gasteiger partial charge < -0.3 is 14.2 Å². The Hall–Kier alpha value is -2.35. The molecule has 1 aliphatic heterocycles. The number of aryl methyl sites for hydroxylation is 1. The highest BCUT2D eigenvalue weighted by atomic mass is 32.1. The number of rotatable bonds is 6. The zero-order valence-corrected chi connectivity index (χ0v) is 16.3. The third-order valence-electron chi connectivity index (χ3n) is 5.22. The minimum absolute atomic E-state index is 0.199. The van der Waals surface area contributed by atoms with E-state index in [0.29, 0.717) is 22.0 Å². The Kier molecular flexibility index (Phi) is 5.42. The normalized spacial score (nSPS) is 16.9. The molecule has 1 aliphatic carbocycles. The van der Waals surface area contributed by atoms with Gasteiger partial charge in [0.1, 0.15) is 0 Å². The summed E-state index contributed by atoms with van der Waals surface area (Å²) in [5, 5.41) is 11.8. The van der Waals surface area contributed by atoms with Crippen LogP contribution in [0.2, 0.25) is 0 Å². The van der Waals surface area contributed by atoms with E-state index < -0.39 is 0 Å². The van der Waals surface area contributed by atoms with Gasteiger partial charge in [0.15, 0.2) is 17.3 Å². The van der Waals surface area contributed by atoms with Crippen LogP contribution in [-0.2, 0) is 6.42 Å². The second-order valence-corrected chi connectivity index (χ2v) is 7.39. The largest absolute Gasteiger partial charge is 0.493 e. The predicted molar refractivity (Wildman–Crippen MR) is 104 cm³/mol. The fraction of sp³-hybridized carbons (Fsp3) is 0.526. The van der Waals surface area contributed by atoms with E-state index in [1.807, 2.05) is 12.1 Å². The molecule has 1 aromatic carbocycles. The van der Waals surface area contributed by atoms with E-state index in [0.717, 1.165) is 30.1 Å². The molecule has 1 fully saturated rings. The molecular weight excluding hydrogens is 364 g/mol. The Morgan fingerprint density at radius 1 is 1.33 bits per heavy atom. The lowest BCUT2D eigenvalue weighted by Gasteiger charge is -2.20. The van der Waals surface area contributed by atoms with Gasteiger partial charge in [-0.25, -0.2) is 0 Å². The van der Waals surface area contributed by atoms with Gasteiger partial charge in [-0.15, -0.1) is 0 Å². The van der Waals surface area contributed by atoms with Gasteiger partial charge in [0.2, 0.25) is 17.3 Å². The van der Waals surface area contributed by atoms with Crippen LogP contribution in [0, 0.1) is 10.7 Å². The number of benzene rings is 1. The summed E-state index contributed by atoms with van der Waals surface area (Å²) in [5.41, 5.74) is 0.845. The molecule has 0 radical (unpaired) electrons. The van der Waals surface area contributed by atoms with Crippen molar-refractivity contribution in [2.75, 3.05) is 13.9 Å². The summed E-state index contributed by atoms with van der Waals surface area (Å²) >= 11 is 5.35. The molecule has 4 rings (SSSR count). The first kappa shape index (κ1) is 18.0. The highest BCUT2D eigenvalue weighted by Crippen LogP contribution is 2.41. The molecular formula is C19H24N4O3S. The maximum atomic E-state index is 5.46. The molecule has 0 amide bonds. The lowest BCUT2D eigenvalue weighted by atomic mass is 9.86. The van der Waals surface area contributed by atoms with Crippen molar-refractivity contribution in [3.8, 4) is 17.2 Å². The van der Waals surface area contributed by atoms with Gasteiger partial charge in [0.25, 0.3) is 0 Å². The van der Waals surface area contributed by atoms with Crippen LogP contribution in [0.5, 0.6) is 17.2 Å². The lowest BCUT2D eigenvalue weighted by molar-refractivity contribution is 0.171. The van der Waals surface area contributed by atoms with Crippen molar-refractivity contribution in [1.82, 2.24) is 14.9 Å². The number of aromatic nitrogens is 3. The fourth-order valence-corrected chi connectivity index (χ4v) is 3.96. The molecule has 0 bridgehead atoms. The summed E-state index contributed by atoms with van der Waals surface area (Å²) in [7, 11) is 1.60. The minimum atomic E-state index is 0.199. The fourth-order valence-electron chi connectivity index (χ4n) is 3.76. The molecule has 0 unspecified atom stereocenters. The Morgan fingerprint density at radius 2 is 2.19 bits per heavy atom. The molecule has 0 atom stereocenters. The molecule has 2 heterocycles. The van der Waals surface area contributed by atoms with Gasteiger partial charge in [-0.2, -0.15) is 14.9 Å². The van der Waals surface area contributed by atoms with Crippen LogP contribution in [-0.4, -0.2) is 35.0 Å². The Labute approximate surface area is 163 Å². The van der Waals surface area contributed by atoms with Crippen LogP contribution >= 0.6 is 12.2 Å². The van der Waals surface area contributed by atoms with Crippen molar-refractivity contribution in [3.05, 3.63) is 28.3 Å². The number of nitrogens with one attached hydrogen (secondary N) is 1.